The molecule has 0 aliphatic carbocycles. The van der Waals surface area contributed by atoms with Crippen LogP contribution in [0.5, 0.6) is 0 Å². The van der Waals surface area contributed by atoms with E-state index in [-0.39, 0.29) is 17.8 Å². The van der Waals surface area contributed by atoms with Crippen LogP contribution < -0.4 is 15.1 Å². The Balaban J connectivity index is 1.09. The second-order valence-corrected chi connectivity index (χ2v) is 20.5. The Bertz CT molecular complexity index is 3540. The standard InChI is InChI=1S/C62H49BN2O2/c1-61(2,3)40-26-30-42(31-27-40)64-52-34-24-38(44-16-12-22-56-58(44)48-14-7-9-20-54(48)66-56)36-50(52)46-18-11-19-47-51-37-39(45-17-13-23-57-59(45)49-15-8-10-21-55(49)67-57)25-35-53(51)65(63(64)60(46)47)43-32-28-41(29-33-43)62(4,5)6/h7-37H,1-6H3. The molecule has 2 aliphatic heterocycles. The number of hydrogen-bond donors (Lipinski definition) is 0. The van der Waals surface area contributed by atoms with E-state index in [1.165, 1.54) is 50.2 Å². The van der Waals surface area contributed by atoms with E-state index in [1.807, 2.05) is 12.1 Å². The summed E-state index contributed by atoms with van der Waals surface area (Å²) in [5, 5.41) is 4.54. The lowest BCUT2D eigenvalue weighted by molar-refractivity contribution is 0.590. The number of hydrogen-bond acceptors (Lipinski definition) is 4. The van der Waals surface area contributed by atoms with Gasteiger partial charge in [0.2, 0.25) is 0 Å². The molecule has 13 rings (SSSR count). The van der Waals surface area contributed by atoms with E-state index < -0.39 is 0 Å². The van der Waals surface area contributed by atoms with Gasteiger partial charge in [0.25, 0.3) is 0 Å². The quantitative estimate of drug-likeness (QED) is 0.165. The zero-order chi connectivity index (χ0) is 45.3. The van der Waals surface area contributed by atoms with Crippen molar-refractivity contribution in [3.63, 3.8) is 0 Å². The number of rotatable bonds is 4. The summed E-state index contributed by atoms with van der Waals surface area (Å²) in [6, 6.07) is 69.4. The summed E-state index contributed by atoms with van der Waals surface area (Å²) in [6.07, 6.45) is 0. The molecule has 0 atom stereocenters. The molecule has 0 spiro atoms. The van der Waals surface area contributed by atoms with Crippen LogP contribution in [0.1, 0.15) is 52.7 Å². The van der Waals surface area contributed by atoms with Gasteiger partial charge in [0.05, 0.1) is 0 Å². The first-order valence-electron chi connectivity index (χ1n) is 23.5. The van der Waals surface area contributed by atoms with Crippen molar-refractivity contribution in [2.45, 2.75) is 52.4 Å². The van der Waals surface area contributed by atoms with Crippen LogP contribution in [0.25, 0.3) is 88.4 Å². The number of anilines is 4. The Labute approximate surface area is 391 Å². The largest absolute Gasteiger partial charge is 0.456 e. The average molecular weight is 865 g/mol. The van der Waals surface area contributed by atoms with Crippen LogP contribution in [0.2, 0.25) is 0 Å². The number of furan rings is 2. The van der Waals surface area contributed by atoms with Gasteiger partial charge in [-0.15, -0.1) is 0 Å². The second kappa shape index (κ2) is 14.4. The zero-order valence-corrected chi connectivity index (χ0v) is 38.7. The molecule has 0 bridgehead atoms. The minimum absolute atomic E-state index is 0.0146. The van der Waals surface area contributed by atoms with Crippen LogP contribution in [-0.4, -0.2) is 6.98 Å². The Kier molecular flexibility index (Phi) is 8.49. The maximum atomic E-state index is 6.42. The van der Waals surface area contributed by atoms with E-state index in [9.17, 15) is 0 Å². The number of para-hydroxylation sites is 2. The fourth-order valence-electron chi connectivity index (χ4n) is 11.0. The van der Waals surface area contributed by atoms with E-state index in [4.69, 9.17) is 8.83 Å². The minimum Gasteiger partial charge on any atom is -0.456 e. The highest BCUT2D eigenvalue weighted by Gasteiger charge is 2.47. The first-order valence-corrected chi connectivity index (χ1v) is 23.5. The van der Waals surface area contributed by atoms with E-state index in [0.29, 0.717) is 0 Å². The summed E-state index contributed by atoms with van der Waals surface area (Å²) >= 11 is 0. The molecular formula is C62H49BN2O2. The normalized spacial score (nSPS) is 13.4. The molecule has 0 fully saturated rings. The maximum absolute atomic E-state index is 6.42. The molecule has 0 amide bonds. The lowest BCUT2D eigenvalue weighted by Crippen LogP contribution is -2.61. The molecule has 4 heterocycles. The molecule has 67 heavy (non-hydrogen) atoms. The molecule has 2 aliphatic rings. The summed E-state index contributed by atoms with van der Waals surface area (Å²) in [6.45, 7) is 13.5. The van der Waals surface area contributed by atoms with Gasteiger partial charge < -0.3 is 18.5 Å². The first kappa shape index (κ1) is 39.6. The van der Waals surface area contributed by atoms with Gasteiger partial charge in [-0.3, -0.25) is 0 Å². The van der Waals surface area contributed by atoms with Crippen LogP contribution in [0.3, 0.4) is 0 Å². The third-order valence-corrected chi connectivity index (χ3v) is 14.4. The van der Waals surface area contributed by atoms with E-state index >= 15 is 0 Å². The van der Waals surface area contributed by atoms with Gasteiger partial charge in [0, 0.05) is 55.4 Å². The number of benzene rings is 9. The first-order chi connectivity index (χ1) is 32.5. The van der Waals surface area contributed by atoms with Crippen molar-refractivity contribution in [1.29, 1.82) is 0 Å². The Morgan fingerprint density at radius 1 is 0.358 bits per heavy atom. The van der Waals surface area contributed by atoms with Crippen LogP contribution in [0, 0.1) is 0 Å². The minimum atomic E-state index is -0.202. The van der Waals surface area contributed by atoms with Crippen LogP contribution in [0.15, 0.2) is 197 Å². The van der Waals surface area contributed by atoms with E-state index in [1.54, 1.807) is 0 Å². The highest BCUT2D eigenvalue weighted by atomic mass is 16.3. The summed E-state index contributed by atoms with van der Waals surface area (Å²) in [5.41, 5.74) is 21.7. The van der Waals surface area contributed by atoms with Gasteiger partial charge in [-0.05, 0) is 134 Å². The third-order valence-electron chi connectivity index (χ3n) is 14.4. The van der Waals surface area contributed by atoms with Gasteiger partial charge in [0.15, 0.2) is 0 Å². The predicted octanol–water partition coefficient (Wildman–Crippen LogP) is 16.7. The van der Waals surface area contributed by atoms with E-state index in [2.05, 4.69) is 227 Å². The number of nitrogens with zero attached hydrogens (tertiary/aromatic N) is 2. The van der Waals surface area contributed by atoms with Gasteiger partial charge in [-0.2, -0.15) is 0 Å². The molecule has 11 aromatic rings. The molecule has 2 aromatic heterocycles. The number of fused-ring (bicyclic) bond motifs is 10. The summed E-state index contributed by atoms with van der Waals surface area (Å²) in [7, 11) is 0. The second-order valence-electron chi connectivity index (χ2n) is 20.5. The molecule has 322 valence electrons. The van der Waals surface area contributed by atoms with Crippen LogP contribution >= 0.6 is 0 Å². The fraction of sp³-hybridized carbons (Fsp3) is 0.129. The molecule has 9 aromatic carbocycles. The molecule has 0 unspecified atom stereocenters. The van der Waals surface area contributed by atoms with Crippen molar-refractivity contribution in [3.05, 3.63) is 199 Å². The highest BCUT2D eigenvalue weighted by Crippen LogP contribution is 2.52. The van der Waals surface area contributed by atoms with Gasteiger partial charge in [-0.25, -0.2) is 0 Å². The maximum Gasteiger partial charge on any atom is 0.421 e. The molecule has 0 radical (unpaired) electrons. The van der Waals surface area contributed by atoms with Crippen LogP contribution in [-0.2, 0) is 10.8 Å². The third kappa shape index (κ3) is 6.07. The molecule has 0 saturated carbocycles. The topological polar surface area (TPSA) is 32.8 Å². The van der Waals surface area contributed by atoms with Crippen molar-refractivity contribution in [3.8, 4) is 44.5 Å². The lowest BCUT2D eigenvalue weighted by Gasteiger charge is -2.48. The Hall–Kier alpha value is -7.76. The zero-order valence-electron chi connectivity index (χ0n) is 38.7. The smallest absolute Gasteiger partial charge is 0.421 e. The molecular weight excluding hydrogens is 816 g/mol. The predicted molar refractivity (Wildman–Crippen MR) is 283 cm³/mol. The molecule has 4 nitrogen and oxygen atoms in total. The summed E-state index contributed by atoms with van der Waals surface area (Å²) in [5.74, 6) is 0. The van der Waals surface area contributed by atoms with Crippen molar-refractivity contribution in [2.24, 2.45) is 0 Å². The summed E-state index contributed by atoms with van der Waals surface area (Å²) in [4.78, 5) is 5.19. The summed E-state index contributed by atoms with van der Waals surface area (Å²) < 4.78 is 12.8. The SMILES string of the molecule is CC(C)(C)c1ccc(N2B3c4c(cccc4-c4cc(-c5cccc6oc7ccccc7c56)ccc4N3c3ccc(C(C)(C)C)cc3)-c3cc(-c4cccc5oc6ccccc6c45)ccc32)cc1. The van der Waals surface area contributed by atoms with Crippen molar-refractivity contribution in [1.82, 2.24) is 0 Å². The Morgan fingerprint density at radius 2 is 0.746 bits per heavy atom. The molecule has 0 N–H and O–H groups in total. The van der Waals surface area contributed by atoms with E-state index in [0.717, 1.165) is 77.5 Å². The van der Waals surface area contributed by atoms with Gasteiger partial charge >= 0.3 is 6.98 Å². The molecule has 5 heteroatoms. The van der Waals surface area contributed by atoms with Gasteiger partial charge in [-0.1, -0.05) is 157 Å². The average Bonchev–Trinajstić information content (AvgIpc) is 3.92. The monoisotopic (exact) mass is 864 g/mol. The van der Waals surface area contributed by atoms with Crippen molar-refractivity contribution in [2.75, 3.05) is 9.62 Å². The Morgan fingerprint density at radius 3 is 1.18 bits per heavy atom. The lowest BCUT2D eigenvalue weighted by atomic mass is 9.53. The van der Waals surface area contributed by atoms with Crippen LogP contribution in [0.4, 0.5) is 22.7 Å². The van der Waals surface area contributed by atoms with Gasteiger partial charge in [0.1, 0.15) is 22.3 Å². The highest BCUT2D eigenvalue weighted by molar-refractivity contribution is 6.86. The fourth-order valence-corrected chi connectivity index (χ4v) is 11.0. The van der Waals surface area contributed by atoms with Crippen molar-refractivity contribution < 1.29 is 8.83 Å². The van der Waals surface area contributed by atoms with Crippen molar-refractivity contribution >= 4 is 79.1 Å². The molecule has 0 saturated heterocycles.